The van der Waals surface area contributed by atoms with Gasteiger partial charge in [0.1, 0.15) is 0 Å². The molecule has 0 saturated heterocycles. The summed E-state index contributed by atoms with van der Waals surface area (Å²) in [5.74, 6) is 1.18. The van der Waals surface area contributed by atoms with Crippen molar-refractivity contribution >= 4 is 23.4 Å². The summed E-state index contributed by atoms with van der Waals surface area (Å²) in [6.45, 7) is 4.86. The summed E-state index contributed by atoms with van der Waals surface area (Å²) >= 11 is 7.75. The Kier molecular flexibility index (Phi) is 5.81. The van der Waals surface area contributed by atoms with E-state index < -0.39 is 0 Å². The van der Waals surface area contributed by atoms with Crippen LogP contribution >= 0.6 is 23.4 Å². The van der Waals surface area contributed by atoms with Crippen molar-refractivity contribution in [3.63, 3.8) is 0 Å². The highest BCUT2D eigenvalue weighted by atomic mass is 35.5. The summed E-state index contributed by atoms with van der Waals surface area (Å²) in [5, 5.41) is 8.86. The lowest BCUT2D eigenvalue weighted by atomic mass is 9.87. The van der Waals surface area contributed by atoms with Gasteiger partial charge in [-0.25, -0.2) is 0 Å². The summed E-state index contributed by atoms with van der Waals surface area (Å²) in [6.07, 6.45) is 3.48. The zero-order valence-electron chi connectivity index (χ0n) is 14.0. The van der Waals surface area contributed by atoms with E-state index in [4.69, 9.17) is 20.9 Å². The minimum Gasteiger partial charge on any atom is -0.377 e. The van der Waals surface area contributed by atoms with Crippen molar-refractivity contribution < 1.29 is 9.26 Å². The van der Waals surface area contributed by atoms with Gasteiger partial charge in [0.25, 0.3) is 5.89 Å². The van der Waals surface area contributed by atoms with Crippen LogP contribution < -0.4 is 5.32 Å². The minimum absolute atomic E-state index is 0.0250. The van der Waals surface area contributed by atoms with Crippen LogP contribution in [-0.2, 0) is 4.74 Å². The first-order chi connectivity index (χ1) is 11.6. The highest BCUT2D eigenvalue weighted by Gasteiger charge is 2.42. The van der Waals surface area contributed by atoms with E-state index >= 15 is 0 Å². The monoisotopic (exact) mass is 367 g/mol. The van der Waals surface area contributed by atoms with Crippen LogP contribution in [0.3, 0.4) is 0 Å². The zero-order chi connectivity index (χ0) is 17.1. The summed E-state index contributed by atoms with van der Waals surface area (Å²) < 4.78 is 11.1. The molecule has 0 spiro atoms. The molecule has 1 fully saturated rings. The van der Waals surface area contributed by atoms with Gasteiger partial charge in [-0.3, -0.25) is 0 Å². The number of nitrogens with zero attached hydrogens (tertiary/aromatic N) is 2. The van der Waals surface area contributed by atoms with E-state index in [1.807, 2.05) is 43.0 Å². The Morgan fingerprint density at radius 3 is 2.83 bits per heavy atom. The SMILES string of the molecule is CCO[C@@H]1C[C@H](N[C@H](C)c2noc(-c3ccc(Cl)cc3)n2)[C@H]1SC. The molecule has 2 aromatic rings. The Morgan fingerprint density at radius 2 is 2.17 bits per heavy atom. The molecule has 1 heterocycles. The second kappa shape index (κ2) is 7.87. The molecule has 130 valence electrons. The second-order valence-electron chi connectivity index (χ2n) is 5.89. The molecule has 1 aromatic carbocycles. The predicted octanol–water partition coefficient (Wildman–Crippen LogP) is 3.95. The van der Waals surface area contributed by atoms with E-state index in [1.54, 1.807) is 0 Å². The first kappa shape index (κ1) is 17.7. The maximum absolute atomic E-state index is 5.91. The highest BCUT2D eigenvalue weighted by Crippen LogP contribution is 2.34. The fourth-order valence-electron chi connectivity index (χ4n) is 2.95. The fraction of sp³-hybridized carbons (Fsp3) is 0.529. The maximum Gasteiger partial charge on any atom is 0.257 e. The molecule has 7 heteroatoms. The largest absolute Gasteiger partial charge is 0.377 e. The van der Waals surface area contributed by atoms with E-state index in [9.17, 15) is 0 Å². The average molecular weight is 368 g/mol. The van der Waals surface area contributed by atoms with Gasteiger partial charge in [-0.1, -0.05) is 16.8 Å². The molecule has 0 radical (unpaired) electrons. The van der Waals surface area contributed by atoms with Crippen LogP contribution in [0.2, 0.25) is 5.02 Å². The van der Waals surface area contributed by atoms with Gasteiger partial charge in [0.2, 0.25) is 0 Å². The van der Waals surface area contributed by atoms with Crippen LogP contribution in [0.15, 0.2) is 28.8 Å². The first-order valence-corrected chi connectivity index (χ1v) is 9.79. The number of ether oxygens (including phenoxy) is 1. The number of nitrogens with one attached hydrogen (secondary N) is 1. The van der Waals surface area contributed by atoms with E-state index in [0.717, 1.165) is 18.6 Å². The number of thioether (sulfide) groups is 1. The third kappa shape index (κ3) is 3.77. The van der Waals surface area contributed by atoms with Crippen LogP contribution in [0.25, 0.3) is 11.5 Å². The number of halogens is 1. The Labute approximate surface area is 151 Å². The van der Waals surface area contributed by atoms with Crippen molar-refractivity contribution in [1.29, 1.82) is 0 Å². The van der Waals surface area contributed by atoms with Crippen LogP contribution in [0.4, 0.5) is 0 Å². The number of aromatic nitrogens is 2. The standard InChI is InChI=1S/C17H22ClN3O2S/c1-4-22-14-9-13(15(14)24-3)19-10(2)16-20-17(23-21-16)11-5-7-12(18)8-6-11/h5-8,10,13-15,19H,4,9H2,1-3H3/t10-,13+,14-,15-/m1/s1. The van der Waals surface area contributed by atoms with Crippen LogP contribution in [0.1, 0.15) is 32.1 Å². The number of benzene rings is 1. The molecule has 0 bridgehead atoms. The molecule has 1 aliphatic carbocycles. The van der Waals surface area contributed by atoms with E-state index in [1.165, 1.54) is 0 Å². The molecule has 24 heavy (non-hydrogen) atoms. The van der Waals surface area contributed by atoms with Gasteiger partial charge in [-0.15, -0.1) is 0 Å². The molecule has 0 amide bonds. The normalized spacial score (nSPS) is 24.6. The molecule has 1 aliphatic rings. The zero-order valence-corrected chi connectivity index (χ0v) is 15.6. The van der Waals surface area contributed by atoms with Crippen molar-refractivity contribution in [3.05, 3.63) is 35.1 Å². The molecule has 1 N–H and O–H groups in total. The van der Waals surface area contributed by atoms with Crippen LogP contribution in [0, 0.1) is 0 Å². The maximum atomic E-state index is 5.91. The molecular formula is C17H22ClN3O2S. The Morgan fingerprint density at radius 1 is 1.42 bits per heavy atom. The van der Waals surface area contributed by atoms with Crippen LogP contribution in [0.5, 0.6) is 0 Å². The molecule has 1 saturated carbocycles. The lowest BCUT2D eigenvalue weighted by molar-refractivity contribution is -0.00530. The average Bonchev–Trinajstić information content (AvgIpc) is 3.04. The van der Waals surface area contributed by atoms with Gasteiger partial charge in [0.15, 0.2) is 5.82 Å². The first-order valence-electron chi connectivity index (χ1n) is 8.12. The van der Waals surface area contributed by atoms with Gasteiger partial charge in [-0.05, 0) is 50.8 Å². The Hall–Kier alpha value is -1.08. The minimum atomic E-state index is 0.0250. The molecule has 0 aliphatic heterocycles. The van der Waals surface area contributed by atoms with E-state index in [2.05, 4.69) is 28.6 Å². The smallest absolute Gasteiger partial charge is 0.257 e. The highest BCUT2D eigenvalue weighted by molar-refractivity contribution is 7.99. The lowest BCUT2D eigenvalue weighted by Crippen LogP contribution is -2.57. The number of hydrogen-bond donors (Lipinski definition) is 1. The number of rotatable bonds is 7. The van der Waals surface area contributed by atoms with Gasteiger partial charge < -0.3 is 14.6 Å². The van der Waals surface area contributed by atoms with Gasteiger partial charge in [0, 0.05) is 28.5 Å². The van der Waals surface area contributed by atoms with Crippen molar-refractivity contribution in [2.75, 3.05) is 12.9 Å². The molecule has 0 unspecified atom stereocenters. The van der Waals surface area contributed by atoms with Gasteiger partial charge in [-0.2, -0.15) is 16.7 Å². The van der Waals surface area contributed by atoms with Crippen LogP contribution in [-0.4, -0.2) is 40.4 Å². The molecule has 5 nitrogen and oxygen atoms in total. The second-order valence-corrected chi connectivity index (χ2v) is 7.34. The third-order valence-corrected chi connectivity index (χ3v) is 5.71. The van der Waals surface area contributed by atoms with Crippen molar-refractivity contribution in [2.45, 2.75) is 43.7 Å². The van der Waals surface area contributed by atoms with Gasteiger partial charge >= 0.3 is 0 Å². The van der Waals surface area contributed by atoms with Crippen molar-refractivity contribution in [2.24, 2.45) is 0 Å². The predicted molar refractivity (Wildman–Crippen MR) is 97.4 cm³/mol. The van der Waals surface area contributed by atoms with E-state index in [-0.39, 0.29) is 6.04 Å². The van der Waals surface area contributed by atoms with Crippen molar-refractivity contribution in [1.82, 2.24) is 15.5 Å². The van der Waals surface area contributed by atoms with Gasteiger partial charge in [0.05, 0.1) is 12.1 Å². The molecular weight excluding hydrogens is 346 g/mol. The molecule has 1 aromatic heterocycles. The summed E-state index contributed by atoms with van der Waals surface area (Å²) in [4.78, 5) is 4.51. The summed E-state index contributed by atoms with van der Waals surface area (Å²) in [6, 6.07) is 7.81. The molecule has 3 rings (SSSR count). The fourth-order valence-corrected chi connectivity index (χ4v) is 4.09. The third-order valence-electron chi connectivity index (χ3n) is 4.29. The van der Waals surface area contributed by atoms with E-state index in [0.29, 0.717) is 34.1 Å². The Bertz CT molecular complexity index is 664. The quantitative estimate of drug-likeness (QED) is 0.799. The van der Waals surface area contributed by atoms with Crippen molar-refractivity contribution in [3.8, 4) is 11.5 Å². The Balaban J connectivity index is 1.62. The lowest BCUT2D eigenvalue weighted by Gasteiger charge is -2.44. The summed E-state index contributed by atoms with van der Waals surface area (Å²) in [5.41, 5.74) is 0.868. The topological polar surface area (TPSA) is 60.2 Å². The summed E-state index contributed by atoms with van der Waals surface area (Å²) in [7, 11) is 0. The molecule has 4 atom stereocenters. The number of hydrogen-bond acceptors (Lipinski definition) is 6.